The Morgan fingerprint density at radius 2 is 1.07 bits per heavy atom. The van der Waals surface area contributed by atoms with E-state index in [2.05, 4.69) is 121 Å². The number of hydrogen-bond acceptors (Lipinski definition) is 3. The van der Waals surface area contributed by atoms with E-state index in [1.54, 1.807) is 0 Å². The Labute approximate surface area is 243 Å². The van der Waals surface area contributed by atoms with Crippen molar-refractivity contribution < 1.29 is 4.74 Å². The van der Waals surface area contributed by atoms with Gasteiger partial charge in [0.05, 0.1) is 16.6 Å². The zero-order valence-corrected chi connectivity index (χ0v) is 22.7. The number of para-hydroxylation sites is 3. The Balaban J connectivity index is 1.34. The van der Waals surface area contributed by atoms with Crippen molar-refractivity contribution >= 4 is 10.9 Å². The van der Waals surface area contributed by atoms with Crippen LogP contribution in [0, 0.1) is 0 Å². The molecule has 1 aliphatic carbocycles. The number of nitrogens with zero attached hydrogens (tertiary/aromatic N) is 2. The van der Waals surface area contributed by atoms with Crippen molar-refractivity contribution in [3.63, 3.8) is 0 Å². The highest BCUT2D eigenvalue weighted by atomic mass is 16.5. The summed E-state index contributed by atoms with van der Waals surface area (Å²) < 4.78 is 6.47. The van der Waals surface area contributed by atoms with Gasteiger partial charge in [0, 0.05) is 27.6 Å². The molecule has 0 saturated carbocycles. The zero-order chi connectivity index (χ0) is 27.7. The van der Waals surface area contributed by atoms with Crippen LogP contribution in [0.3, 0.4) is 0 Å². The van der Waals surface area contributed by atoms with Crippen LogP contribution in [0.4, 0.5) is 0 Å². The van der Waals surface area contributed by atoms with E-state index >= 15 is 0 Å². The molecular formula is C39H24N2O. The Bertz CT molecular complexity index is 2140. The third-order valence-corrected chi connectivity index (χ3v) is 8.76. The molecule has 2 aliphatic rings. The molecule has 196 valence electrons. The molecule has 1 spiro atoms. The first-order chi connectivity index (χ1) is 20.8. The third kappa shape index (κ3) is 3.11. The van der Waals surface area contributed by atoms with Crippen LogP contribution >= 0.6 is 0 Å². The van der Waals surface area contributed by atoms with Gasteiger partial charge in [-0.2, -0.15) is 0 Å². The second kappa shape index (κ2) is 8.73. The van der Waals surface area contributed by atoms with E-state index < -0.39 is 5.41 Å². The molecule has 42 heavy (non-hydrogen) atoms. The molecule has 0 N–H and O–H groups in total. The van der Waals surface area contributed by atoms with Crippen LogP contribution in [-0.2, 0) is 5.41 Å². The molecule has 1 aliphatic heterocycles. The number of rotatable bonds is 2. The van der Waals surface area contributed by atoms with Crippen LogP contribution in [0.1, 0.15) is 22.3 Å². The van der Waals surface area contributed by atoms with Gasteiger partial charge in [-0.25, -0.2) is 9.97 Å². The quantitative estimate of drug-likeness (QED) is 0.221. The van der Waals surface area contributed by atoms with E-state index in [0.717, 1.165) is 45.0 Å². The zero-order valence-electron chi connectivity index (χ0n) is 22.7. The summed E-state index contributed by atoms with van der Waals surface area (Å²) in [7, 11) is 0. The Morgan fingerprint density at radius 3 is 1.86 bits per heavy atom. The van der Waals surface area contributed by atoms with Crippen molar-refractivity contribution in [2.24, 2.45) is 0 Å². The Hall–Kier alpha value is -5.54. The van der Waals surface area contributed by atoms with Crippen molar-refractivity contribution in [2.75, 3.05) is 0 Å². The van der Waals surface area contributed by atoms with Gasteiger partial charge in [0.25, 0.3) is 0 Å². The summed E-state index contributed by atoms with van der Waals surface area (Å²) in [6.45, 7) is 0. The average Bonchev–Trinajstić information content (AvgIpc) is 3.35. The van der Waals surface area contributed by atoms with Gasteiger partial charge in [-0.05, 0) is 46.5 Å². The fraction of sp³-hybridized carbons (Fsp3) is 0.0256. The molecule has 0 amide bonds. The summed E-state index contributed by atoms with van der Waals surface area (Å²) in [6, 6.07) is 51.1. The molecule has 6 aromatic carbocycles. The molecular weight excluding hydrogens is 512 g/mol. The number of hydrogen-bond donors (Lipinski definition) is 0. The highest BCUT2D eigenvalue weighted by Crippen LogP contribution is 2.62. The van der Waals surface area contributed by atoms with E-state index in [9.17, 15) is 0 Å². The van der Waals surface area contributed by atoms with Gasteiger partial charge in [-0.1, -0.05) is 121 Å². The van der Waals surface area contributed by atoms with Crippen molar-refractivity contribution in [3.05, 3.63) is 168 Å². The number of aromatic nitrogens is 2. The Kier molecular flexibility index (Phi) is 4.82. The molecule has 0 radical (unpaired) electrons. The van der Waals surface area contributed by atoms with E-state index in [1.165, 1.54) is 33.4 Å². The second-order valence-electron chi connectivity index (χ2n) is 10.9. The summed E-state index contributed by atoms with van der Waals surface area (Å²) in [4.78, 5) is 10.1. The normalized spacial score (nSPS) is 13.6. The molecule has 2 heterocycles. The fourth-order valence-electron chi connectivity index (χ4n) is 7.02. The highest BCUT2D eigenvalue weighted by Gasteiger charge is 2.50. The SMILES string of the molecule is c1ccc(-c2nc(-c3ccc4c(c3)-c3ccccc3C43c4ccccc4Oc4ccccc43)c3ccccc3n2)cc1. The number of ether oxygens (including phenoxy) is 1. The minimum absolute atomic E-state index is 0.473. The lowest BCUT2D eigenvalue weighted by molar-refractivity contribution is 0.436. The summed E-state index contributed by atoms with van der Waals surface area (Å²) in [5, 5.41) is 1.04. The molecule has 0 atom stereocenters. The second-order valence-corrected chi connectivity index (χ2v) is 10.9. The lowest BCUT2D eigenvalue weighted by Gasteiger charge is -2.39. The average molecular weight is 537 g/mol. The van der Waals surface area contributed by atoms with E-state index in [1.807, 2.05) is 24.3 Å². The van der Waals surface area contributed by atoms with Crippen molar-refractivity contribution in [3.8, 4) is 45.3 Å². The standard InChI is InChI=1S/C39H24N2O/c1-2-12-25(13-3-1)38-40-34-19-9-5-15-28(34)37(41-38)26-22-23-31-29(24-26)27-14-4-6-16-30(27)39(31)32-17-7-10-20-35(32)42-36-21-11-8-18-33(36)39/h1-24H. The maximum atomic E-state index is 6.47. The molecule has 1 aromatic heterocycles. The molecule has 7 aromatic rings. The minimum atomic E-state index is -0.473. The highest BCUT2D eigenvalue weighted by molar-refractivity contribution is 5.96. The Morgan fingerprint density at radius 1 is 0.452 bits per heavy atom. The van der Waals surface area contributed by atoms with Crippen LogP contribution in [0.15, 0.2) is 146 Å². The van der Waals surface area contributed by atoms with Gasteiger partial charge in [0.2, 0.25) is 0 Å². The summed E-state index contributed by atoms with van der Waals surface area (Å²) in [6.07, 6.45) is 0. The van der Waals surface area contributed by atoms with E-state index in [-0.39, 0.29) is 0 Å². The van der Waals surface area contributed by atoms with Gasteiger partial charge >= 0.3 is 0 Å². The number of fused-ring (bicyclic) bond motifs is 10. The predicted molar refractivity (Wildman–Crippen MR) is 168 cm³/mol. The summed E-state index contributed by atoms with van der Waals surface area (Å²) in [5.74, 6) is 2.53. The van der Waals surface area contributed by atoms with Crippen molar-refractivity contribution in [1.82, 2.24) is 9.97 Å². The van der Waals surface area contributed by atoms with Gasteiger partial charge in [0.15, 0.2) is 5.82 Å². The summed E-state index contributed by atoms with van der Waals surface area (Å²) >= 11 is 0. The van der Waals surface area contributed by atoms with Gasteiger partial charge in [-0.3, -0.25) is 0 Å². The third-order valence-electron chi connectivity index (χ3n) is 8.76. The first-order valence-electron chi connectivity index (χ1n) is 14.3. The van der Waals surface area contributed by atoms with Crippen LogP contribution in [0.25, 0.3) is 44.7 Å². The largest absolute Gasteiger partial charge is 0.457 e. The first kappa shape index (κ1) is 23.2. The maximum absolute atomic E-state index is 6.47. The fourth-order valence-corrected chi connectivity index (χ4v) is 7.02. The van der Waals surface area contributed by atoms with Crippen LogP contribution in [0.5, 0.6) is 11.5 Å². The number of benzene rings is 6. The first-order valence-corrected chi connectivity index (χ1v) is 14.3. The molecule has 0 unspecified atom stereocenters. The molecule has 0 saturated heterocycles. The maximum Gasteiger partial charge on any atom is 0.160 e. The van der Waals surface area contributed by atoms with Crippen LogP contribution in [0.2, 0.25) is 0 Å². The molecule has 3 nitrogen and oxygen atoms in total. The molecule has 0 fully saturated rings. The van der Waals surface area contributed by atoms with E-state index in [4.69, 9.17) is 14.7 Å². The lowest BCUT2D eigenvalue weighted by Crippen LogP contribution is -2.32. The molecule has 9 rings (SSSR count). The van der Waals surface area contributed by atoms with Crippen LogP contribution in [-0.4, -0.2) is 9.97 Å². The lowest BCUT2D eigenvalue weighted by atomic mass is 9.66. The van der Waals surface area contributed by atoms with E-state index in [0.29, 0.717) is 0 Å². The van der Waals surface area contributed by atoms with Crippen LogP contribution < -0.4 is 4.74 Å². The topological polar surface area (TPSA) is 35.0 Å². The smallest absolute Gasteiger partial charge is 0.160 e. The van der Waals surface area contributed by atoms with Gasteiger partial charge in [-0.15, -0.1) is 0 Å². The predicted octanol–water partition coefficient (Wildman–Crippen LogP) is 9.43. The minimum Gasteiger partial charge on any atom is -0.457 e. The molecule has 0 bridgehead atoms. The van der Waals surface area contributed by atoms with Gasteiger partial charge in [0.1, 0.15) is 11.5 Å². The monoisotopic (exact) mass is 536 g/mol. The van der Waals surface area contributed by atoms with Crippen molar-refractivity contribution in [2.45, 2.75) is 5.41 Å². The summed E-state index contributed by atoms with van der Waals surface area (Å²) in [5.41, 5.74) is 10.8. The molecule has 3 heteroatoms. The van der Waals surface area contributed by atoms with Gasteiger partial charge < -0.3 is 4.74 Å². The van der Waals surface area contributed by atoms with Crippen molar-refractivity contribution in [1.29, 1.82) is 0 Å².